The van der Waals surface area contributed by atoms with E-state index in [1.54, 1.807) is 0 Å². The molecule has 0 aliphatic heterocycles. The van der Waals surface area contributed by atoms with E-state index >= 15 is 0 Å². The lowest BCUT2D eigenvalue weighted by Gasteiger charge is -2.01. The molecule has 16 heavy (non-hydrogen) atoms. The molecule has 2 nitrogen and oxygen atoms in total. The first kappa shape index (κ1) is 10.7. The molecule has 3 rings (SSSR count). The van der Waals surface area contributed by atoms with Crippen molar-refractivity contribution in [2.24, 2.45) is 0 Å². The molecule has 0 bridgehead atoms. The zero-order valence-corrected chi connectivity index (χ0v) is 10.9. The van der Waals surface area contributed by atoms with E-state index in [1.807, 2.05) is 11.3 Å². The summed E-state index contributed by atoms with van der Waals surface area (Å²) in [4.78, 5) is 6.36. The van der Waals surface area contributed by atoms with Crippen molar-refractivity contribution in [3.05, 3.63) is 15.6 Å². The Balaban J connectivity index is 1.76. The SMILES string of the molecule is CC(C)c1nc(C2CC2)c(CNC2CC2)s1. The molecule has 2 aliphatic rings. The monoisotopic (exact) mass is 236 g/mol. The van der Waals surface area contributed by atoms with Gasteiger partial charge in [-0.25, -0.2) is 4.98 Å². The maximum atomic E-state index is 4.85. The van der Waals surface area contributed by atoms with E-state index in [0.29, 0.717) is 5.92 Å². The van der Waals surface area contributed by atoms with Gasteiger partial charge >= 0.3 is 0 Å². The number of rotatable bonds is 5. The van der Waals surface area contributed by atoms with E-state index in [1.165, 1.54) is 41.3 Å². The van der Waals surface area contributed by atoms with Crippen LogP contribution in [-0.4, -0.2) is 11.0 Å². The summed E-state index contributed by atoms with van der Waals surface area (Å²) in [6.07, 6.45) is 5.46. The molecule has 2 fully saturated rings. The molecular weight excluding hydrogens is 216 g/mol. The van der Waals surface area contributed by atoms with Crippen LogP contribution in [0, 0.1) is 0 Å². The summed E-state index contributed by atoms with van der Waals surface area (Å²) in [7, 11) is 0. The van der Waals surface area contributed by atoms with Gasteiger partial charge in [0.25, 0.3) is 0 Å². The molecule has 3 heteroatoms. The minimum atomic E-state index is 0.581. The van der Waals surface area contributed by atoms with Crippen LogP contribution in [0.3, 0.4) is 0 Å². The van der Waals surface area contributed by atoms with Crippen LogP contribution in [-0.2, 0) is 6.54 Å². The Morgan fingerprint density at radius 3 is 2.62 bits per heavy atom. The third-order valence-corrected chi connectivity index (χ3v) is 4.70. The first-order valence-electron chi connectivity index (χ1n) is 6.47. The van der Waals surface area contributed by atoms with E-state index in [0.717, 1.165) is 18.5 Å². The summed E-state index contributed by atoms with van der Waals surface area (Å²) in [5, 5.41) is 4.95. The molecule has 0 unspecified atom stereocenters. The van der Waals surface area contributed by atoms with Crippen LogP contribution in [0.25, 0.3) is 0 Å². The van der Waals surface area contributed by atoms with Crippen molar-refractivity contribution in [3.8, 4) is 0 Å². The van der Waals surface area contributed by atoms with E-state index in [4.69, 9.17) is 4.98 Å². The number of hydrogen-bond donors (Lipinski definition) is 1. The first-order valence-corrected chi connectivity index (χ1v) is 7.28. The molecule has 88 valence electrons. The second-order valence-corrected chi connectivity index (χ2v) is 6.56. The molecule has 1 aromatic rings. The number of thiazole rings is 1. The van der Waals surface area contributed by atoms with Gasteiger partial charge in [0.1, 0.15) is 0 Å². The summed E-state index contributed by atoms with van der Waals surface area (Å²) < 4.78 is 0. The van der Waals surface area contributed by atoms with Crippen LogP contribution in [0.1, 0.15) is 66.9 Å². The molecule has 1 N–H and O–H groups in total. The molecule has 2 aliphatic carbocycles. The minimum absolute atomic E-state index is 0.581. The van der Waals surface area contributed by atoms with Gasteiger partial charge in [0.15, 0.2) is 0 Å². The second kappa shape index (κ2) is 4.11. The summed E-state index contributed by atoms with van der Waals surface area (Å²) in [6, 6.07) is 0.802. The Labute approximate surface area is 101 Å². The Morgan fingerprint density at radius 1 is 1.31 bits per heavy atom. The van der Waals surface area contributed by atoms with Crippen LogP contribution in [0.4, 0.5) is 0 Å². The molecule has 0 aromatic carbocycles. The van der Waals surface area contributed by atoms with Gasteiger partial charge in [-0.3, -0.25) is 0 Å². The quantitative estimate of drug-likeness (QED) is 0.847. The molecule has 0 spiro atoms. The molecule has 0 radical (unpaired) electrons. The Bertz CT molecular complexity index is 375. The summed E-state index contributed by atoms with van der Waals surface area (Å²) >= 11 is 1.93. The molecule has 1 heterocycles. The molecule has 0 amide bonds. The fraction of sp³-hybridized carbons (Fsp3) is 0.769. The van der Waals surface area contributed by atoms with Crippen molar-refractivity contribution >= 4 is 11.3 Å². The smallest absolute Gasteiger partial charge is 0.0957 e. The van der Waals surface area contributed by atoms with Gasteiger partial charge in [0.05, 0.1) is 10.7 Å². The van der Waals surface area contributed by atoms with Crippen LogP contribution in [0.5, 0.6) is 0 Å². The lowest BCUT2D eigenvalue weighted by molar-refractivity contribution is 0.688. The topological polar surface area (TPSA) is 24.9 Å². The van der Waals surface area contributed by atoms with E-state index in [2.05, 4.69) is 19.2 Å². The van der Waals surface area contributed by atoms with Gasteiger partial charge in [-0.15, -0.1) is 11.3 Å². The summed E-state index contributed by atoms with van der Waals surface area (Å²) in [5.74, 6) is 1.37. The number of nitrogens with zero attached hydrogens (tertiary/aromatic N) is 1. The Morgan fingerprint density at radius 2 is 2.06 bits per heavy atom. The fourth-order valence-corrected chi connectivity index (χ4v) is 3.06. The predicted molar refractivity (Wildman–Crippen MR) is 68.0 cm³/mol. The van der Waals surface area contributed by atoms with Crippen molar-refractivity contribution in [1.29, 1.82) is 0 Å². The Kier molecular flexibility index (Phi) is 2.76. The highest BCUT2D eigenvalue weighted by atomic mass is 32.1. The third kappa shape index (κ3) is 2.30. The van der Waals surface area contributed by atoms with Crippen LogP contribution in [0.15, 0.2) is 0 Å². The summed E-state index contributed by atoms with van der Waals surface area (Å²) in [6.45, 7) is 5.54. The molecule has 0 atom stereocenters. The molecular formula is C13H20N2S. The fourth-order valence-electron chi connectivity index (χ4n) is 1.96. The van der Waals surface area contributed by atoms with Crippen LogP contribution >= 0.6 is 11.3 Å². The van der Waals surface area contributed by atoms with Crippen molar-refractivity contribution in [3.63, 3.8) is 0 Å². The van der Waals surface area contributed by atoms with Crippen LogP contribution < -0.4 is 5.32 Å². The standard InChI is InChI=1S/C13H20N2S/c1-8(2)13-15-12(9-3-4-9)11(16-13)7-14-10-5-6-10/h8-10,14H,3-7H2,1-2H3. The lowest BCUT2D eigenvalue weighted by atomic mass is 10.2. The van der Waals surface area contributed by atoms with Crippen molar-refractivity contribution in [2.45, 2.75) is 64.0 Å². The largest absolute Gasteiger partial charge is 0.309 e. The lowest BCUT2D eigenvalue weighted by Crippen LogP contribution is -2.15. The average molecular weight is 236 g/mol. The van der Waals surface area contributed by atoms with E-state index in [-0.39, 0.29) is 0 Å². The minimum Gasteiger partial charge on any atom is -0.309 e. The van der Waals surface area contributed by atoms with Gasteiger partial charge in [0, 0.05) is 29.3 Å². The second-order valence-electron chi connectivity index (χ2n) is 5.44. The summed E-state index contributed by atoms with van der Waals surface area (Å²) in [5.41, 5.74) is 1.42. The average Bonchev–Trinajstić information content (AvgIpc) is 3.14. The van der Waals surface area contributed by atoms with Crippen LogP contribution in [0.2, 0.25) is 0 Å². The third-order valence-electron chi connectivity index (χ3n) is 3.33. The number of hydrogen-bond acceptors (Lipinski definition) is 3. The van der Waals surface area contributed by atoms with Crippen molar-refractivity contribution < 1.29 is 0 Å². The highest BCUT2D eigenvalue weighted by molar-refractivity contribution is 7.11. The molecule has 1 aromatic heterocycles. The predicted octanol–water partition coefficient (Wildman–Crippen LogP) is 3.40. The van der Waals surface area contributed by atoms with Gasteiger partial charge in [-0.05, 0) is 25.7 Å². The maximum absolute atomic E-state index is 4.85. The van der Waals surface area contributed by atoms with E-state index < -0.39 is 0 Å². The van der Waals surface area contributed by atoms with Gasteiger partial charge in [-0.2, -0.15) is 0 Å². The number of nitrogens with one attached hydrogen (secondary N) is 1. The normalized spacial score (nSPS) is 20.7. The van der Waals surface area contributed by atoms with Crippen molar-refractivity contribution in [1.82, 2.24) is 10.3 Å². The zero-order valence-electron chi connectivity index (χ0n) is 10.1. The van der Waals surface area contributed by atoms with Gasteiger partial charge < -0.3 is 5.32 Å². The maximum Gasteiger partial charge on any atom is 0.0957 e. The zero-order chi connectivity index (χ0) is 11.1. The first-order chi connectivity index (χ1) is 7.74. The highest BCUT2D eigenvalue weighted by Gasteiger charge is 2.30. The molecule has 0 saturated heterocycles. The van der Waals surface area contributed by atoms with E-state index in [9.17, 15) is 0 Å². The highest BCUT2D eigenvalue weighted by Crippen LogP contribution is 2.43. The number of aromatic nitrogens is 1. The van der Waals surface area contributed by atoms with Crippen molar-refractivity contribution in [2.75, 3.05) is 0 Å². The van der Waals surface area contributed by atoms with Gasteiger partial charge in [0.2, 0.25) is 0 Å². The molecule has 2 saturated carbocycles. The Hall–Kier alpha value is -0.410. The van der Waals surface area contributed by atoms with Gasteiger partial charge in [-0.1, -0.05) is 13.8 Å².